The van der Waals surface area contributed by atoms with Crippen LogP contribution < -0.4 is 11.2 Å². The van der Waals surface area contributed by atoms with Gasteiger partial charge in [0.1, 0.15) is 5.82 Å². The molecule has 6 nitrogen and oxygen atoms in total. The Morgan fingerprint density at radius 3 is 2.75 bits per heavy atom. The van der Waals surface area contributed by atoms with Crippen molar-refractivity contribution in [3.05, 3.63) is 66.7 Å². The number of hydrogen-bond donors (Lipinski definition) is 2. The maximum Gasteiger partial charge on any atom is 0.335 e. The highest BCUT2D eigenvalue weighted by Crippen LogP contribution is 2.12. The molecule has 0 spiro atoms. The third kappa shape index (κ3) is 2.85. The quantitative estimate of drug-likeness (QED) is 0.876. The minimum atomic E-state index is -1.19. The van der Waals surface area contributed by atoms with Crippen molar-refractivity contribution in [2.75, 3.05) is 0 Å². The molecule has 0 radical (unpaired) electrons. The highest BCUT2D eigenvalue weighted by molar-refractivity contribution is 9.10. The van der Waals surface area contributed by atoms with Gasteiger partial charge in [-0.15, -0.1) is 0 Å². The van der Waals surface area contributed by atoms with Crippen molar-refractivity contribution >= 4 is 21.9 Å². The van der Waals surface area contributed by atoms with E-state index in [4.69, 9.17) is 5.11 Å². The fraction of sp³-hybridized carbons (Fsp3) is 0.0833. The van der Waals surface area contributed by atoms with Crippen LogP contribution in [0.3, 0.4) is 0 Å². The Morgan fingerprint density at radius 1 is 1.40 bits per heavy atom. The standard InChI is InChI=1S/C12H8BrFN2O4/c13-8-5-16(12(20)15-10(8)17)4-7-3-6(11(18)19)1-2-9(7)14/h1-3,5H,4H2,(H,18,19)(H,15,17,20). The third-order valence-electron chi connectivity index (χ3n) is 2.60. The summed E-state index contributed by atoms with van der Waals surface area (Å²) in [6.07, 6.45) is 1.22. The van der Waals surface area contributed by atoms with Crippen LogP contribution in [0.1, 0.15) is 15.9 Å². The molecule has 0 atom stereocenters. The fourth-order valence-electron chi connectivity index (χ4n) is 1.61. The SMILES string of the molecule is O=C(O)c1ccc(F)c(Cn2cc(Br)c(=O)[nH]c2=O)c1. The summed E-state index contributed by atoms with van der Waals surface area (Å²) in [6, 6.07) is 3.29. The van der Waals surface area contributed by atoms with E-state index in [0.717, 1.165) is 22.8 Å². The van der Waals surface area contributed by atoms with Gasteiger partial charge >= 0.3 is 11.7 Å². The normalized spacial score (nSPS) is 10.5. The molecule has 2 N–H and O–H groups in total. The first-order valence-corrected chi connectivity index (χ1v) is 6.19. The van der Waals surface area contributed by atoms with E-state index in [0.29, 0.717) is 0 Å². The van der Waals surface area contributed by atoms with Crippen molar-refractivity contribution < 1.29 is 14.3 Å². The number of carboxylic acid groups (broad SMARTS) is 1. The second-order valence-electron chi connectivity index (χ2n) is 3.98. The van der Waals surface area contributed by atoms with E-state index in [1.807, 2.05) is 0 Å². The zero-order chi connectivity index (χ0) is 14.9. The highest BCUT2D eigenvalue weighted by Gasteiger charge is 2.10. The number of carbonyl (C=O) groups is 1. The molecule has 2 aromatic rings. The van der Waals surface area contributed by atoms with Crippen molar-refractivity contribution in [3.8, 4) is 0 Å². The lowest BCUT2D eigenvalue weighted by molar-refractivity contribution is 0.0696. The topological polar surface area (TPSA) is 92.2 Å². The summed E-state index contributed by atoms with van der Waals surface area (Å²) in [4.78, 5) is 35.6. The number of aromatic nitrogens is 2. The van der Waals surface area contributed by atoms with Crippen LogP contribution in [-0.4, -0.2) is 20.6 Å². The van der Waals surface area contributed by atoms with Crippen LogP contribution in [0, 0.1) is 5.82 Å². The van der Waals surface area contributed by atoms with Crippen molar-refractivity contribution in [2.45, 2.75) is 6.54 Å². The molecule has 8 heteroatoms. The largest absolute Gasteiger partial charge is 0.478 e. The van der Waals surface area contributed by atoms with E-state index < -0.39 is 23.0 Å². The van der Waals surface area contributed by atoms with Gasteiger partial charge in [-0.05, 0) is 34.1 Å². The van der Waals surface area contributed by atoms with Crippen LogP contribution >= 0.6 is 15.9 Å². The number of carboxylic acids is 1. The number of benzene rings is 1. The fourth-order valence-corrected chi connectivity index (χ4v) is 1.96. The lowest BCUT2D eigenvalue weighted by Crippen LogP contribution is -2.30. The average molecular weight is 343 g/mol. The van der Waals surface area contributed by atoms with Gasteiger partial charge < -0.3 is 5.11 Å². The molecular weight excluding hydrogens is 335 g/mol. The molecule has 0 fully saturated rings. The van der Waals surface area contributed by atoms with Crippen molar-refractivity contribution in [1.82, 2.24) is 9.55 Å². The summed E-state index contributed by atoms with van der Waals surface area (Å²) in [7, 11) is 0. The predicted molar refractivity (Wildman–Crippen MR) is 71.5 cm³/mol. The van der Waals surface area contributed by atoms with Crippen molar-refractivity contribution in [3.63, 3.8) is 0 Å². The van der Waals surface area contributed by atoms with E-state index in [-0.39, 0.29) is 22.1 Å². The summed E-state index contributed by atoms with van der Waals surface area (Å²) in [5, 5.41) is 8.86. The Morgan fingerprint density at radius 2 is 2.10 bits per heavy atom. The Kier molecular flexibility index (Phi) is 3.84. The molecule has 0 aliphatic carbocycles. The summed E-state index contributed by atoms with van der Waals surface area (Å²) in [5.41, 5.74) is -1.35. The van der Waals surface area contributed by atoms with Crippen LogP contribution in [0.2, 0.25) is 0 Å². The summed E-state index contributed by atoms with van der Waals surface area (Å²) < 4.78 is 14.8. The molecule has 0 saturated carbocycles. The lowest BCUT2D eigenvalue weighted by Gasteiger charge is -2.07. The summed E-state index contributed by atoms with van der Waals surface area (Å²) in [5.74, 6) is -1.83. The van der Waals surface area contributed by atoms with Gasteiger partial charge in [0.25, 0.3) is 5.56 Å². The minimum absolute atomic E-state index is 0.0333. The van der Waals surface area contributed by atoms with Crippen molar-refractivity contribution in [2.24, 2.45) is 0 Å². The van der Waals surface area contributed by atoms with E-state index in [9.17, 15) is 18.8 Å². The van der Waals surface area contributed by atoms with Gasteiger partial charge in [0.15, 0.2) is 0 Å². The lowest BCUT2D eigenvalue weighted by atomic mass is 10.1. The smallest absolute Gasteiger partial charge is 0.335 e. The molecular formula is C12H8BrFN2O4. The molecule has 1 aromatic heterocycles. The van der Waals surface area contributed by atoms with Gasteiger partial charge in [0.2, 0.25) is 0 Å². The number of aromatic carboxylic acids is 1. The van der Waals surface area contributed by atoms with Crippen LogP contribution in [0.15, 0.2) is 38.5 Å². The number of H-pyrrole nitrogens is 1. The van der Waals surface area contributed by atoms with E-state index in [1.165, 1.54) is 6.20 Å². The predicted octanol–water partition coefficient (Wildman–Crippen LogP) is 1.18. The Balaban J connectivity index is 2.47. The molecule has 0 bridgehead atoms. The monoisotopic (exact) mass is 342 g/mol. The first kappa shape index (κ1) is 14.2. The van der Waals surface area contributed by atoms with Crippen LogP contribution in [-0.2, 0) is 6.54 Å². The first-order valence-electron chi connectivity index (χ1n) is 5.39. The van der Waals surface area contributed by atoms with E-state index >= 15 is 0 Å². The molecule has 2 rings (SSSR count). The Labute approximate surface area is 119 Å². The average Bonchev–Trinajstić information content (AvgIpc) is 2.38. The number of rotatable bonds is 3. The van der Waals surface area contributed by atoms with Crippen LogP contribution in [0.5, 0.6) is 0 Å². The third-order valence-corrected chi connectivity index (χ3v) is 3.17. The molecule has 1 heterocycles. The minimum Gasteiger partial charge on any atom is -0.478 e. The number of nitrogens with zero attached hydrogens (tertiary/aromatic N) is 1. The maximum atomic E-state index is 13.6. The number of halogens is 2. The molecule has 0 saturated heterocycles. The van der Waals surface area contributed by atoms with Crippen LogP contribution in [0.4, 0.5) is 4.39 Å². The van der Waals surface area contributed by atoms with Gasteiger partial charge in [0, 0.05) is 11.8 Å². The molecule has 20 heavy (non-hydrogen) atoms. The van der Waals surface area contributed by atoms with Crippen molar-refractivity contribution in [1.29, 1.82) is 0 Å². The maximum absolute atomic E-state index is 13.6. The molecule has 0 unspecified atom stereocenters. The molecule has 0 amide bonds. The van der Waals surface area contributed by atoms with Gasteiger partial charge in [-0.2, -0.15) is 0 Å². The summed E-state index contributed by atoms with van der Waals surface area (Å²) >= 11 is 2.96. The Bertz CT molecular complexity index is 797. The first-order chi connectivity index (χ1) is 9.38. The zero-order valence-corrected chi connectivity index (χ0v) is 11.5. The molecule has 104 valence electrons. The second-order valence-corrected chi connectivity index (χ2v) is 4.83. The number of aromatic amines is 1. The molecule has 0 aliphatic heterocycles. The zero-order valence-electron chi connectivity index (χ0n) is 9.89. The summed E-state index contributed by atoms with van der Waals surface area (Å²) in [6.45, 7) is -0.193. The van der Waals surface area contributed by atoms with Gasteiger partial charge in [-0.1, -0.05) is 0 Å². The van der Waals surface area contributed by atoms with Gasteiger partial charge in [0.05, 0.1) is 16.6 Å². The molecule has 1 aromatic carbocycles. The van der Waals surface area contributed by atoms with E-state index in [2.05, 4.69) is 20.9 Å². The highest BCUT2D eigenvalue weighted by atomic mass is 79.9. The number of hydrogen-bond acceptors (Lipinski definition) is 3. The Hall–Kier alpha value is -2.22. The van der Waals surface area contributed by atoms with Crippen LogP contribution in [0.25, 0.3) is 0 Å². The van der Waals surface area contributed by atoms with E-state index in [1.54, 1.807) is 0 Å². The van der Waals surface area contributed by atoms with Gasteiger partial charge in [-0.3, -0.25) is 14.3 Å². The molecule has 0 aliphatic rings. The number of nitrogens with one attached hydrogen (secondary N) is 1. The second kappa shape index (κ2) is 5.41. The van der Waals surface area contributed by atoms with Gasteiger partial charge in [-0.25, -0.2) is 14.0 Å².